The van der Waals surface area contributed by atoms with Crippen LogP contribution >= 0.6 is 11.8 Å². The van der Waals surface area contributed by atoms with Crippen LogP contribution in [0.25, 0.3) is 6.08 Å². The number of hydrogen-bond donors (Lipinski definition) is 1. The third-order valence-corrected chi connectivity index (χ3v) is 6.14. The van der Waals surface area contributed by atoms with Crippen molar-refractivity contribution < 1.29 is 52.4 Å². The van der Waals surface area contributed by atoms with Crippen molar-refractivity contribution in [1.82, 2.24) is 9.55 Å². The summed E-state index contributed by atoms with van der Waals surface area (Å²) in [6, 6.07) is 0. The second-order valence-corrected chi connectivity index (χ2v) is 9.35. The highest BCUT2D eigenvalue weighted by Gasteiger charge is 2.52. The van der Waals surface area contributed by atoms with Crippen LogP contribution in [0.5, 0.6) is 0 Å². The van der Waals surface area contributed by atoms with Crippen molar-refractivity contribution in [2.75, 3.05) is 24.8 Å². The lowest BCUT2D eigenvalue weighted by molar-refractivity contribution is -0.247. The topological polar surface area (TPSA) is 188 Å². The molecule has 0 radical (unpaired) electrons. The Morgan fingerprint density at radius 2 is 1.54 bits per heavy atom. The first-order chi connectivity index (χ1) is 19.3. The molecule has 1 aliphatic rings. The van der Waals surface area contributed by atoms with Crippen molar-refractivity contribution in [2.45, 2.75) is 70.4 Å². The van der Waals surface area contributed by atoms with Crippen LogP contribution in [-0.4, -0.2) is 89.5 Å². The zero-order valence-electron chi connectivity index (χ0n) is 23.7. The van der Waals surface area contributed by atoms with Crippen molar-refractivity contribution in [1.29, 1.82) is 0 Å². The molecule has 1 aliphatic heterocycles. The standard InChI is InChI=1S/C25H33N3O12S/c1-8-35-18(33)10-9-16-22(27-25(41-7)28(6)24(16)34)26-23-21(39-15(5)32)20(38-14(4)31)19(37-13(3)30)17(40-23)11-36-12(2)29/h9-10,17,19-21,23,26H,8,11H2,1-7H3/b10-9+/t17-,19-,20+,21-,23-/m1/s1. The summed E-state index contributed by atoms with van der Waals surface area (Å²) in [5.74, 6) is -3.84. The minimum absolute atomic E-state index is 0.0776. The Morgan fingerprint density at radius 3 is 2.07 bits per heavy atom. The summed E-state index contributed by atoms with van der Waals surface area (Å²) in [6.07, 6.45) is -2.92. The summed E-state index contributed by atoms with van der Waals surface area (Å²) in [7, 11) is 1.49. The largest absolute Gasteiger partial charge is 0.463 e. The second kappa shape index (κ2) is 15.2. The summed E-state index contributed by atoms with van der Waals surface area (Å²) in [6.45, 7) is 5.75. The lowest BCUT2D eigenvalue weighted by Gasteiger charge is -2.44. The lowest BCUT2D eigenvalue weighted by Crippen LogP contribution is -2.64. The van der Waals surface area contributed by atoms with Crippen molar-refractivity contribution in [3.05, 3.63) is 22.0 Å². The van der Waals surface area contributed by atoms with E-state index in [0.717, 1.165) is 45.5 Å². The number of nitrogens with one attached hydrogen (secondary N) is 1. The highest BCUT2D eigenvalue weighted by atomic mass is 32.2. The molecule has 1 aromatic rings. The van der Waals surface area contributed by atoms with Gasteiger partial charge >= 0.3 is 29.8 Å². The summed E-state index contributed by atoms with van der Waals surface area (Å²) < 4.78 is 33.5. The van der Waals surface area contributed by atoms with Crippen LogP contribution in [0.2, 0.25) is 0 Å². The quantitative estimate of drug-likeness (QED) is 0.122. The van der Waals surface area contributed by atoms with E-state index in [1.54, 1.807) is 13.2 Å². The van der Waals surface area contributed by atoms with E-state index in [1.165, 1.54) is 17.7 Å². The van der Waals surface area contributed by atoms with E-state index < -0.39 is 72.7 Å². The van der Waals surface area contributed by atoms with E-state index in [1.807, 2.05) is 0 Å². The highest BCUT2D eigenvalue weighted by Crippen LogP contribution is 2.31. The van der Waals surface area contributed by atoms with Gasteiger partial charge in [-0.2, -0.15) is 0 Å². The average molecular weight is 600 g/mol. The number of hydrogen-bond acceptors (Lipinski definition) is 15. The fraction of sp³-hybridized carbons (Fsp3) is 0.560. The zero-order valence-corrected chi connectivity index (χ0v) is 24.5. The molecule has 0 bridgehead atoms. The average Bonchev–Trinajstić information content (AvgIpc) is 2.87. The number of thioether (sulfide) groups is 1. The molecule has 0 amide bonds. The predicted molar refractivity (Wildman–Crippen MR) is 143 cm³/mol. The molecule has 15 nitrogen and oxygen atoms in total. The Labute approximate surface area is 239 Å². The Morgan fingerprint density at radius 1 is 0.951 bits per heavy atom. The molecule has 41 heavy (non-hydrogen) atoms. The van der Waals surface area contributed by atoms with E-state index in [-0.39, 0.29) is 23.1 Å². The number of ether oxygens (including phenoxy) is 6. The maximum absolute atomic E-state index is 13.2. The van der Waals surface area contributed by atoms with Crippen LogP contribution in [0.3, 0.4) is 0 Å². The molecular weight excluding hydrogens is 566 g/mol. The number of carbonyl (C=O) groups excluding carboxylic acids is 5. The molecule has 0 spiro atoms. The number of rotatable bonds is 11. The Hall–Kier alpha value is -3.92. The summed E-state index contributed by atoms with van der Waals surface area (Å²) in [4.78, 5) is 77.3. The van der Waals surface area contributed by atoms with Gasteiger partial charge in [0, 0.05) is 40.8 Å². The van der Waals surface area contributed by atoms with Gasteiger partial charge in [0.05, 0.1) is 12.2 Å². The maximum atomic E-state index is 13.2. The molecular formula is C25H33N3O12S. The molecule has 0 unspecified atom stereocenters. The van der Waals surface area contributed by atoms with Crippen molar-refractivity contribution in [3.63, 3.8) is 0 Å². The third-order valence-electron chi connectivity index (χ3n) is 5.41. The smallest absolute Gasteiger partial charge is 0.330 e. The van der Waals surface area contributed by atoms with Gasteiger partial charge in [-0.3, -0.25) is 28.5 Å². The van der Waals surface area contributed by atoms with Gasteiger partial charge in [-0.1, -0.05) is 11.8 Å². The number of aromatic nitrogens is 2. The summed E-state index contributed by atoms with van der Waals surface area (Å²) >= 11 is 1.15. The van der Waals surface area contributed by atoms with Crippen LogP contribution in [-0.2, 0) is 59.4 Å². The first kappa shape index (κ1) is 33.3. The molecule has 16 heteroatoms. The van der Waals surface area contributed by atoms with Crippen LogP contribution in [0, 0.1) is 0 Å². The molecule has 2 rings (SSSR count). The van der Waals surface area contributed by atoms with Gasteiger partial charge in [0.1, 0.15) is 18.5 Å². The van der Waals surface area contributed by atoms with Crippen molar-refractivity contribution in [2.24, 2.45) is 7.05 Å². The van der Waals surface area contributed by atoms with Crippen LogP contribution in [0.1, 0.15) is 40.2 Å². The van der Waals surface area contributed by atoms with E-state index in [2.05, 4.69) is 10.3 Å². The summed E-state index contributed by atoms with van der Waals surface area (Å²) in [5, 5.41) is 3.16. The van der Waals surface area contributed by atoms with Gasteiger partial charge in [0.15, 0.2) is 29.7 Å². The highest BCUT2D eigenvalue weighted by molar-refractivity contribution is 7.98. The Balaban J connectivity index is 2.69. The third kappa shape index (κ3) is 9.31. The van der Waals surface area contributed by atoms with Gasteiger partial charge < -0.3 is 33.7 Å². The van der Waals surface area contributed by atoms with E-state index in [9.17, 15) is 28.8 Å². The van der Waals surface area contributed by atoms with Crippen molar-refractivity contribution >= 4 is 53.5 Å². The van der Waals surface area contributed by atoms with E-state index in [0.29, 0.717) is 0 Å². The van der Waals surface area contributed by atoms with Crippen LogP contribution in [0.15, 0.2) is 16.0 Å². The Bertz CT molecular complexity index is 1250. The zero-order chi connectivity index (χ0) is 30.9. The molecule has 1 fully saturated rings. The van der Waals surface area contributed by atoms with Gasteiger partial charge in [-0.15, -0.1) is 0 Å². The monoisotopic (exact) mass is 599 g/mol. The molecule has 0 aromatic carbocycles. The van der Waals surface area contributed by atoms with Gasteiger partial charge in [-0.25, -0.2) is 9.78 Å². The Kier molecular flexibility index (Phi) is 12.3. The number of esters is 5. The fourth-order valence-electron chi connectivity index (χ4n) is 3.86. The molecule has 1 N–H and O–H groups in total. The molecule has 0 aliphatic carbocycles. The first-order valence-corrected chi connectivity index (χ1v) is 13.6. The number of anilines is 1. The van der Waals surface area contributed by atoms with E-state index >= 15 is 0 Å². The molecule has 2 heterocycles. The molecule has 5 atom stereocenters. The van der Waals surface area contributed by atoms with Gasteiger partial charge in [0.2, 0.25) is 0 Å². The van der Waals surface area contributed by atoms with E-state index in [4.69, 9.17) is 28.4 Å². The number of nitrogens with zero attached hydrogens (tertiary/aromatic N) is 2. The minimum atomic E-state index is -1.44. The summed E-state index contributed by atoms with van der Waals surface area (Å²) in [5.41, 5.74) is -0.621. The minimum Gasteiger partial charge on any atom is -0.463 e. The lowest BCUT2D eigenvalue weighted by atomic mass is 9.97. The number of carbonyl (C=O) groups is 5. The van der Waals surface area contributed by atoms with Crippen molar-refractivity contribution in [3.8, 4) is 0 Å². The van der Waals surface area contributed by atoms with Crippen LogP contribution in [0.4, 0.5) is 5.82 Å². The molecule has 1 saturated heterocycles. The SMILES string of the molecule is CCOC(=O)/C=C/c1c(N[C@@H]2O[C@H](COC(C)=O)[C@@H](OC(C)=O)[C@H](OC(C)=O)[C@H]2OC(C)=O)nc(SC)n(C)c1=O. The van der Waals surface area contributed by atoms with Gasteiger partial charge in [-0.05, 0) is 19.3 Å². The predicted octanol–water partition coefficient (Wildman–Crippen LogP) is 0.574. The molecule has 226 valence electrons. The first-order valence-electron chi connectivity index (χ1n) is 12.4. The van der Waals surface area contributed by atoms with Crippen LogP contribution < -0.4 is 10.9 Å². The van der Waals surface area contributed by atoms with Gasteiger partial charge in [0.25, 0.3) is 5.56 Å². The second-order valence-electron chi connectivity index (χ2n) is 8.57. The molecule has 1 aromatic heterocycles. The normalized spacial score (nSPS) is 22.0. The maximum Gasteiger partial charge on any atom is 0.330 e. The molecule has 0 saturated carbocycles. The fourth-order valence-corrected chi connectivity index (χ4v) is 4.40.